The van der Waals surface area contributed by atoms with E-state index in [4.69, 9.17) is 19.0 Å². The van der Waals surface area contributed by atoms with Crippen molar-refractivity contribution in [1.82, 2.24) is 4.57 Å². The van der Waals surface area contributed by atoms with Crippen LogP contribution < -0.4 is 19.8 Å². The molecule has 6 rings (SSSR count). The third-order valence-electron chi connectivity index (χ3n) is 7.54. The summed E-state index contributed by atoms with van der Waals surface area (Å²) in [5, 5.41) is 8.95. The van der Waals surface area contributed by atoms with Crippen LogP contribution in [-0.2, 0) is 17.1 Å². The molecule has 3 aromatic carbocycles. The van der Waals surface area contributed by atoms with Crippen LogP contribution in [0.1, 0.15) is 24.0 Å². The summed E-state index contributed by atoms with van der Waals surface area (Å²) in [7, 11) is -2.06. The highest BCUT2D eigenvalue weighted by atomic mass is 32.2. The number of benzene rings is 3. The van der Waals surface area contributed by atoms with E-state index < -0.39 is 26.9 Å². The van der Waals surface area contributed by atoms with Crippen molar-refractivity contribution in [3.05, 3.63) is 93.9 Å². The molecule has 1 saturated carbocycles. The molecule has 9 nitrogen and oxygen atoms in total. The number of furan rings is 1. The summed E-state index contributed by atoms with van der Waals surface area (Å²) in [6.07, 6.45) is 2.66. The minimum atomic E-state index is -3.62. The molecule has 2 aromatic heterocycles. The van der Waals surface area contributed by atoms with E-state index in [2.05, 4.69) is 4.72 Å². The third-order valence-corrected chi connectivity index (χ3v) is 9.41. The number of fused-ring (bicyclic) bond motifs is 1. The van der Waals surface area contributed by atoms with Gasteiger partial charge >= 0.3 is 0 Å². The number of halogens is 2. The zero-order valence-electron chi connectivity index (χ0n) is 24.7. The van der Waals surface area contributed by atoms with Crippen molar-refractivity contribution in [2.45, 2.75) is 31.9 Å². The highest BCUT2D eigenvalue weighted by Crippen LogP contribution is 2.42. The molecule has 0 unspecified atom stereocenters. The molecule has 0 radical (unpaired) electrons. The SMILES string of the molecule is Cc1cc(-c2cc3c(=O)n(C)cc(-c4cc(NS(=O)(=O)C5CC5)ccc4Oc4ccc(F)cc4F)c3o2)cc(C)c1OCCO. The summed E-state index contributed by atoms with van der Waals surface area (Å²) in [5.41, 5.74) is 3.08. The Morgan fingerprint density at radius 1 is 1.00 bits per heavy atom. The summed E-state index contributed by atoms with van der Waals surface area (Å²) in [6.45, 7) is 3.75. The number of sulfonamides is 1. The maximum Gasteiger partial charge on any atom is 0.261 e. The van der Waals surface area contributed by atoms with Crippen LogP contribution in [0, 0.1) is 25.5 Å². The topological polar surface area (TPSA) is 120 Å². The molecule has 0 atom stereocenters. The second kappa shape index (κ2) is 11.7. The fraction of sp³-hybridized carbons (Fsp3) is 0.242. The number of anilines is 1. The van der Waals surface area contributed by atoms with E-state index in [-0.39, 0.29) is 46.9 Å². The quantitative estimate of drug-likeness (QED) is 0.181. The summed E-state index contributed by atoms with van der Waals surface area (Å²) >= 11 is 0. The van der Waals surface area contributed by atoms with E-state index in [9.17, 15) is 22.0 Å². The molecular formula is C33H30F2N2O7S. The molecule has 12 heteroatoms. The zero-order valence-corrected chi connectivity index (χ0v) is 25.5. The van der Waals surface area contributed by atoms with Gasteiger partial charge in [0.05, 0.1) is 17.2 Å². The second-order valence-corrected chi connectivity index (χ2v) is 13.0. The molecule has 1 aliphatic carbocycles. The maximum atomic E-state index is 14.6. The molecule has 0 aliphatic heterocycles. The number of pyridine rings is 1. The standard InChI is InChI=1S/C33H30F2N2O7S/c1-18-12-20(13-19(2)31(18)42-11-10-38)30-16-25-32(44-30)26(17-37(3)33(25)39)24-15-22(36-45(40,41)23-6-7-23)5-9-28(24)43-29-8-4-21(34)14-27(29)35/h4-5,8-9,12-17,23,36,38H,6-7,10-11H2,1-3H3. The number of hydrogen-bond donors (Lipinski definition) is 2. The van der Waals surface area contributed by atoms with Crippen LogP contribution in [0.4, 0.5) is 14.5 Å². The number of aromatic nitrogens is 1. The fourth-order valence-electron chi connectivity index (χ4n) is 5.25. The summed E-state index contributed by atoms with van der Waals surface area (Å²) in [4.78, 5) is 13.3. The van der Waals surface area contributed by atoms with Crippen molar-refractivity contribution < 1.29 is 36.2 Å². The minimum Gasteiger partial charge on any atom is -0.491 e. The smallest absolute Gasteiger partial charge is 0.261 e. The van der Waals surface area contributed by atoms with E-state index >= 15 is 0 Å². The van der Waals surface area contributed by atoms with Gasteiger partial charge in [-0.25, -0.2) is 17.2 Å². The summed E-state index contributed by atoms with van der Waals surface area (Å²) in [5.74, 6) is -0.800. The lowest BCUT2D eigenvalue weighted by molar-refractivity contribution is 0.200. The molecule has 1 aliphatic rings. The van der Waals surface area contributed by atoms with Gasteiger partial charge in [-0.2, -0.15) is 0 Å². The van der Waals surface area contributed by atoms with E-state index in [1.54, 1.807) is 13.1 Å². The third kappa shape index (κ3) is 6.03. The highest BCUT2D eigenvalue weighted by molar-refractivity contribution is 7.93. The van der Waals surface area contributed by atoms with Gasteiger partial charge < -0.3 is 23.6 Å². The molecule has 5 aromatic rings. The average Bonchev–Trinajstić information content (AvgIpc) is 3.76. The van der Waals surface area contributed by atoms with Crippen molar-refractivity contribution in [3.8, 4) is 39.7 Å². The van der Waals surface area contributed by atoms with Crippen LogP contribution >= 0.6 is 0 Å². The zero-order chi connectivity index (χ0) is 32.0. The number of nitrogens with zero attached hydrogens (tertiary/aromatic N) is 1. The molecule has 1 fully saturated rings. The van der Waals surface area contributed by atoms with Crippen molar-refractivity contribution >= 4 is 26.7 Å². The van der Waals surface area contributed by atoms with Crippen molar-refractivity contribution in [2.75, 3.05) is 17.9 Å². The Morgan fingerprint density at radius 2 is 1.71 bits per heavy atom. The van der Waals surface area contributed by atoms with Gasteiger partial charge in [-0.1, -0.05) is 0 Å². The van der Waals surface area contributed by atoms with Crippen LogP contribution in [0.3, 0.4) is 0 Å². The number of rotatable bonds is 10. The Labute approximate surface area is 257 Å². The highest BCUT2D eigenvalue weighted by Gasteiger charge is 2.36. The fourth-order valence-corrected chi connectivity index (χ4v) is 6.63. The number of aliphatic hydroxyl groups is 1. The Hall–Kier alpha value is -4.68. The lowest BCUT2D eigenvalue weighted by Gasteiger charge is -2.16. The van der Waals surface area contributed by atoms with Crippen molar-refractivity contribution in [2.24, 2.45) is 7.05 Å². The second-order valence-electron chi connectivity index (χ2n) is 11.1. The number of aryl methyl sites for hydroxylation is 3. The van der Waals surface area contributed by atoms with Gasteiger partial charge in [0, 0.05) is 41.7 Å². The van der Waals surface area contributed by atoms with Gasteiger partial charge in [-0.05, 0) is 86.3 Å². The average molecular weight is 637 g/mol. The molecule has 45 heavy (non-hydrogen) atoms. The number of aliphatic hydroxyl groups excluding tert-OH is 1. The van der Waals surface area contributed by atoms with Gasteiger partial charge in [0.1, 0.15) is 35.3 Å². The first-order valence-corrected chi connectivity index (χ1v) is 15.8. The van der Waals surface area contributed by atoms with Crippen LogP contribution in [0.25, 0.3) is 33.4 Å². The summed E-state index contributed by atoms with van der Waals surface area (Å²) in [6, 6.07) is 12.7. The number of ether oxygens (including phenoxy) is 2. The molecule has 2 N–H and O–H groups in total. The molecule has 0 saturated heterocycles. The molecule has 0 bridgehead atoms. The summed E-state index contributed by atoms with van der Waals surface area (Å²) < 4.78 is 75.7. The van der Waals surface area contributed by atoms with Gasteiger partial charge in [-0.15, -0.1) is 0 Å². The first kappa shape index (κ1) is 30.4. The predicted octanol–water partition coefficient (Wildman–Crippen LogP) is 6.43. The first-order valence-electron chi connectivity index (χ1n) is 14.2. The Balaban J connectivity index is 1.52. The monoisotopic (exact) mass is 636 g/mol. The minimum absolute atomic E-state index is 0.116. The van der Waals surface area contributed by atoms with Gasteiger partial charge in [0.2, 0.25) is 10.0 Å². The molecule has 0 amide bonds. The van der Waals surface area contributed by atoms with Crippen molar-refractivity contribution in [3.63, 3.8) is 0 Å². The number of hydrogen-bond acceptors (Lipinski definition) is 7. The molecule has 234 valence electrons. The van der Waals surface area contributed by atoms with E-state index in [1.807, 2.05) is 26.0 Å². The lowest BCUT2D eigenvalue weighted by Crippen LogP contribution is -2.17. The number of nitrogens with one attached hydrogen (secondary N) is 1. The Morgan fingerprint density at radius 3 is 2.38 bits per heavy atom. The normalized spacial score (nSPS) is 13.3. The Kier molecular flexibility index (Phi) is 7.88. The van der Waals surface area contributed by atoms with Crippen LogP contribution in [-0.4, -0.2) is 36.6 Å². The predicted molar refractivity (Wildman–Crippen MR) is 166 cm³/mol. The van der Waals surface area contributed by atoms with Crippen LogP contribution in [0.15, 0.2) is 70.0 Å². The van der Waals surface area contributed by atoms with E-state index in [1.165, 1.54) is 29.0 Å². The Bertz CT molecular complexity index is 2100. The van der Waals surface area contributed by atoms with Gasteiger partial charge in [0.15, 0.2) is 11.6 Å². The molecule has 2 heterocycles. The maximum absolute atomic E-state index is 14.6. The van der Waals surface area contributed by atoms with Gasteiger partial charge in [0.25, 0.3) is 5.56 Å². The first-order chi connectivity index (χ1) is 21.4. The largest absolute Gasteiger partial charge is 0.491 e. The lowest BCUT2D eigenvalue weighted by atomic mass is 10.0. The molecular weight excluding hydrogens is 606 g/mol. The van der Waals surface area contributed by atoms with Crippen LogP contribution in [0.2, 0.25) is 0 Å². The van der Waals surface area contributed by atoms with Gasteiger partial charge in [-0.3, -0.25) is 9.52 Å². The molecule has 0 spiro atoms. The van der Waals surface area contributed by atoms with E-state index in [0.717, 1.165) is 23.3 Å². The van der Waals surface area contributed by atoms with Crippen molar-refractivity contribution in [1.29, 1.82) is 0 Å². The van der Waals surface area contributed by atoms with E-state index in [0.29, 0.717) is 47.1 Å². The van der Waals surface area contributed by atoms with Crippen LogP contribution in [0.5, 0.6) is 17.2 Å².